The van der Waals surface area contributed by atoms with E-state index in [1.807, 2.05) is 56.1 Å². The minimum atomic E-state index is -0.421. The lowest BCUT2D eigenvalue weighted by molar-refractivity contribution is -0.116. The van der Waals surface area contributed by atoms with Crippen molar-refractivity contribution in [1.82, 2.24) is 4.90 Å². The summed E-state index contributed by atoms with van der Waals surface area (Å²) in [5.41, 5.74) is 0.751. The molecule has 0 amide bonds. The summed E-state index contributed by atoms with van der Waals surface area (Å²) in [4.78, 5) is 12.8. The van der Waals surface area contributed by atoms with Crippen molar-refractivity contribution in [3.05, 3.63) is 35.9 Å². The van der Waals surface area contributed by atoms with Crippen LogP contribution in [0.15, 0.2) is 30.3 Å². The van der Waals surface area contributed by atoms with E-state index < -0.39 is 5.54 Å². The van der Waals surface area contributed by atoms with Gasteiger partial charge in [-0.25, -0.2) is 0 Å². The Labute approximate surface area is 103 Å². The third-order valence-electron chi connectivity index (χ3n) is 2.95. The minimum Gasteiger partial charge on any atom is -0.375 e. The lowest BCUT2D eigenvalue weighted by Crippen LogP contribution is -2.44. The Balaban J connectivity index is 2.23. The average Bonchev–Trinajstić information content (AvgIpc) is 2.35. The van der Waals surface area contributed by atoms with Crippen LogP contribution in [0.2, 0.25) is 0 Å². The molecule has 3 nitrogen and oxygen atoms in total. The molecule has 94 valence electrons. The van der Waals surface area contributed by atoms with E-state index in [0.717, 1.165) is 12.8 Å². The number of aldehydes is 1. The predicted octanol–water partition coefficient (Wildman–Crippen LogP) is 2.11. The predicted molar refractivity (Wildman–Crippen MR) is 68.9 cm³/mol. The van der Waals surface area contributed by atoms with Crippen LogP contribution < -0.4 is 0 Å². The van der Waals surface area contributed by atoms with Gasteiger partial charge in [0, 0.05) is 6.54 Å². The molecule has 0 aliphatic heterocycles. The van der Waals surface area contributed by atoms with E-state index in [-0.39, 0.29) is 0 Å². The van der Waals surface area contributed by atoms with Crippen LogP contribution in [0.3, 0.4) is 0 Å². The zero-order chi connectivity index (χ0) is 12.7. The Morgan fingerprint density at radius 1 is 1.29 bits per heavy atom. The summed E-state index contributed by atoms with van der Waals surface area (Å²) in [6.45, 7) is 5.80. The lowest BCUT2D eigenvalue weighted by Gasteiger charge is -2.30. The van der Waals surface area contributed by atoms with Crippen molar-refractivity contribution in [2.75, 3.05) is 20.2 Å². The van der Waals surface area contributed by atoms with Crippen molar-refractivity contribution >= 4 is 6.29 Å². The number of carbonyl (C=O) groups excluding carboxylic acids is 1. The highest BCUT2D eigenvalue weighted by atomic mass is 16.5. The van der Waals surface area contributed by atoms with Crippen molar-refractivity contribution in [2.24, 2.45) is 0 Å². The van der Waals surface area contributed by atoms with E-state index in [1.54, 1.807) is 0 Å². The molecule has 0 atom stereocenters. The van der Waals surface area contributed by atoms with E-state index in [2.05, 4.69) is 0 Å². The quantitative estimate of drug-likeness (QED) is 0.535. The van der Waals surface area contributed by atoms with Gasteiger partial charge in [-0.15, -0.1) is 0 Å². The first-order valence-corrected chi connectivity index (χ1v) is 5.85. The number of benzene rings is 1. The molecule has 0 heterocycles. The van der Waals surface area contributed by atoms with E-state index in [0.29, 0.717) is 13.2 Å². The molecule has 0 saturated heterocycles. The minimum absolute atomic E-state index is 0.421. The second-order valence-electron chi connectivity index (χ2n) is 4.73. The molecule has 0 aliphatic carbocycles. The lowest BCUT2D eigenvalue weighted by atomic mass is 10.1. The van der Waals surface area contributed by atoms with Crippen molar-refractivity contribution in [1.29, 1.82) is 0 Å². The molecule has 0 saturated carbocycles. The van der Waals surface area contributed by atoms with Gasteiger partial charge < -0.3 is 9.53 Å². The Morgan fingerprint density at radius 2 is 1.94 bits per heavy atom. The fourth-order valence-electron chi connectivity index (χ4n) is 1.34. The van der Waals surface area contributed by atoms with Crippen molar-refractivity contribution < 1.29 is 9.53 Å². The van der Waals surface area contributed by atoms with Crippen molar-refractivity contribution in [3.8, 4) is 0 Å². The Hall–Kier alpha value is -1.19. The number of rotatable bonds is 7. The summed E-state index contributed by atoms with van der Waals surface area (Å²) in [5, 5.41) is 0. The standard InChI is InChI=1S/C14H21NO2/c1-14(2,12-16)15(3)9-10-17-11-13-7-5-4-6-8-13/h4-8,12H,9-11H2,1-3H3. The molecule has 3 heteroatoms. The van der Waals surface area contributed by atoms with Gasteiger partial charge in [-0.3, -0.25) is 4.90 Å². The second-order valence-corrected chi connectivity index (χ2v) is 4.73. The third kappa shape index (κ3) is 4.67. The van der Waals surface area contributed by atoms with Gasteiger partial charge in [-0.1, -0.05) is 30.3 Å². The molecule has 0 bridgehead atoms. The normalized spacial score (nSPS) is 11.8. The van der Waals surface area contributed by atoms with Crippen LogP contribution in [0.1, 0.15) is 19.4 Å². The molecule has 0 N–H and O–H groups in total. The van der Waals surface area contributed by atoms with Crippen molar-refractivity contribution in [3.63, 3.8) is 0 Å². The fourth-order valence-corrected chi connectivity index (χ4v) is 1.34. The number of carbonyl (C=O) groups is 1. The van der Waals surface area contributed by atoms with E-state index >= 15 is 0 Å². The number of likely N-dealkylation sites (N-methyl/N-ethyl adjacent to an activating group) is 1. The molecule has 1 aromatic carbocycles. The van der Waals surface area contributed by atoms with Gasteiger partial charge >= 0.3 is 0 Å². The second kappa shape index (κ2) is 6.52. The summed E-state index contributed by atoms with van der Waals surface area (Å²) in [6.07, 6.45) is 0.962. The van der Waals surface area contributed by atoms with Gasteiger partial charge in [-0.05, 0) is 26.5 Å². The summed E-state index contributed by atoms with van der Waals surface area (Å²) >= 11 is 0. The maximum atomic E-state index is 10.8. The molecular weight excluding hydrogens is 214 g/mol. The molecule has 0 aromatic heterocycles. The SMILES string of the molecule is CN(CCOCc1ccccc1)C(C)(C)C=O. The van der Waals surface area contributed by atoms with Gasteiger partial charge in [0.25, 0.3) is 0 Å². The van der Waals surface area contributed by atoms with Crippen LogP contribution in [0.4, 0.5) is 0 Å². The van der Waals surface area contributed by atoms with Crippen LogP contribution in [-0.2, 0) is 16.1 Å². The molecule has 0 aliphatic rings. The highest BCUT2D eigenvalue weighted by molar-refractivity contribution is 5.62. The Bertz CT molecular complexity index is 335. The number of hydrogen-bond donors (Lipinski definition) is 0. The van der Waals surface area contributed by atoms with E-state index in [9.17, 15) is 4.79 Å². The molecular formula is C14H21NO2. The Kier molecular flexibility index (Phi) is 5.32. The molecule has 0 radical (unpaired) electrons. The van der Waals surface area contributed by atoms with E-state index in [1.165, 1.54) is 5.56 Å². The number of ether oxygens (including phenoxy) is 1. The first-order chi connectivity index (χ1) is 8.06. The average molecular weight is 235 g/mol. The van der Waals surface area contributed by atoms with Gasteiger partial charge in [0.2, 0.25) is 0 Å². The number of hydrogen-bond acceptors (Lipinski definition) is 3. The van der Waals surface area contributed by atoms with Gasteiger partial charge in [0.1, 0.15) is 6.29 Å². The fraction of sp³-hybridized carbons (Fsp3) is 0.500. The molecule has 0 unspecified atom stereocenters. The topological polar surface area (TPSA) is 29.5 Å². The van der Waals surface area contributed by atoms with Gasteiger partial charge in [0.05, 0.1) is 18.8 Å². The summed E-state index contributed by atoms with van der Waals surface area (Å²) in [6, 6.07) is 10.1. The molecule has 0 spiro atoms. The maximum Gasteiger partial charge on any atom is 0.139 e. The zero-order valence-electron chi connectivity index (χ0n) is 10.8. The van der Waals surface area contributed by atoms with Gasteiger partial charge in [-0.2, -0.15) is 0 Å². The van der Waals surface area contributed by atoms with Crippen LogP contribution in [-0.4, -0.2) is 36.9 Å². The molecule has 1 rings (SSSR count). The highest BCUT2D eigenvalue weighted by Gasteiger charge is 2.21. The zero-order valence-corrected chi connectivity index (χ0v) is 10.8. The summed E-state index contributed by atoms with van der Waals surface area (Å²) < 4.78 is 5.57. The molecule has 17 heavy (non-hydrogen) atoms. The van der Waals surface area contributed by atoms with E-state index in [4.69, 9.17) is 4.74 Å². The van der Waals surface area contributed by atoms with Crippen LogP contribution in [0, 0.1) is 0 Å². The smallest absolute Gasteiger partial charge is 0.139 e. The largest absolute Gasteiger partial charge is 0.375 e. The summed E-state index contributed by atoms with van der Waals surface area (Å²) in [5.74, 6) is 0. The Morgan fingerprint density at radius 3 is 2.53 bits per heavy atom. The van der Waals surface area contributed by atoms with Gasteiger partial charge in [0.15, 0.2) is 0 Å². The first-order valence-electron chi connectivity index (χ1n) is 5.85. The number of nitrogens with zero attached hydrogens (tertiary/aromatic N) is 1. The van der Waals surface area contributed by atoms with Crippen LogP contribution in [0.5, 0.6) is 0 Å². The molecule has 1 aromatic rings. The maximum absolute atomic E-state index is 10.8. The molecule has 0 fully saturated rings. The van der Waals surface area contributed by atoms with Crippen LogP contribution in [0.25, 0.3) is 0 Å². The van der Waals surface area contributed by atoms with Crippen LogP contribution >= 0.6 is 0 Å². The summed E-state index contributed by atoms with van der Waals surface area (Å²) in [7, 11) is 1.93. The first kappa shape index (κ1) is 13.9. The monoisotopic (exact) mass is 235 g/mol. The highest BCUT2D eigenvalue weighted by Crippen LogP contribution is 2.08. The van der Waals surface area contributed by atoms with Crippen molar-refractivity contribution in [2.45, 2.75) is 26.0 Å². The third-order valence-corrected chi connectivity index (χ3v) is 2.95.